The summed E-state index contributed by atoms with van der Waals surface area (Å²) in [6.07, 6.45) is -33.6. The Morgan fingerprint density at radius 2 is 1.30 bits per heavy atom. The molecule has 350 valence electrons. The van der Waals surface area contributed by atoms with Crippen molar-refractivity contribution in [3.05, 3.63) is 40.6 Å². The summed E-state index contributed by atoms with van der Waals surface area (Å²) < 4.78 is 51.2. The van der Waals surface area contributed by atoms with Crippen molar-refractivity contribution >= 4 is 11.0 Å². The second-order valence-corrected chi connectivity index (χ2v) is 15.4. The summed E-state index contributed by atoms with van der Waals surface area (Å²) >= 11 is 0. The molecule has 4 aliphatic heterocycles. The second-order valence-electron chi connectivity index (χ2n) is 15.4. The highest BCUT2D eigenvalue weighted by Crippen LogP contribution is 2.41. The molecule has 0 saturated carbocycles. The van der Waals surface area contributed by atoms with Crippen molar-refractivity contribution in [3.63, 3.8) is 0 Å². The number of phenolic OH excluding ortho intramolecular Hbond substituents is 3. The van der Waals surface area contributed by atoms with Crippen LogP contribution < -0.4 is 14.9 Å². The molecule has 4 saturated heterocycles. The van der Waals surface area contributed by atoms with E-state index in [0.717, 1.165) is 30.3 Å². The molecule has 5 heterocycles. The molecule has 7 rings (SSSR count). The molecule has 25 nitrogen and oxygen atoms in total. The monoisotopic (exact) mass is 904 g/mol. The zero-order chi connectivity index (χ0) is 45.8. The molecule has 3 aromatic rings. The minimum absolute atomic E-state index is 0.209. The zero-order valence-electron chi connectivity index (χ0n) is 32.8. The summed E-state index contributed by atoms with van der Waals surface area (Å²) in [4.78, 5) is 14.4. The molecule has 0 unspecified atom stereocenters. The topological polar surface area (TPSA) is 408 Å². The summed E-state index contributed by atoms with van der Waals surface area (Å²) in [7, 11) is 0. The van der Waals surface area contributed by atoms with E-state index in [1.807, 2.05) is 0 Å². The number of rotatable bonds is 11. The Morgan fingerprint density at radius 1 is 0.651 bits per heavy atom. The predicted octanol–water partition coefficient (Wildman–Crippen LogP) is -5.75. The Bertz CT molecular complexity index is 2120. The average molecular weight is 905 g/mol. The third-order valence-corrected chi connectivity index (χ3v) is 11.1. The van der Waals surface area contributed by atoms with Gasteiger partial charge in [0, 0.05) is 17.7 Å². The number of fused-ring (bicyclic) bond motifs is 1. The smallest absolute Gasteiger partial charge is 0.239 e. The Balaban J connectivity index is 1.28. The molecule has 63 heavy (non-hydrogen) atoms. The summed E-state index contributed by atoms with van der Waals surface area (Å²) in [5.41, 5.74) is -1.83. The van der Waals surface area contributed by atoms with Crippen molar-refractivity contribution in [3.8, 4) is 40.1 Å². The fraction of sp³-hybridized carbons (Fsp3) is 0.605. The normalized spacial score (nSPS) is 39.9. The van der Waals surface area contributed by atoms with Gasteiger partial charge in [-0.25, -0.2) is 0 Å². The lowest BCUT2D eigenvalue weighted by Gasteiger charge is -2.45. The number of aromatic hydroxyl groups is 3. The van der Waals surface area contributed by atoms with Gasteiger partial charge in [-0.1, -0.05) is 0 Å². The quantitative estimate of drug-likeness (QED) is 0.0852. The predicted molar refractivity (Wildman–Crippen MR) is 200 cm³/mol. The van der Waals surface area contributed by atoms with Crippen LogP contribution in [-0.2, 0) is 28.4 Å². The van der Waals surface area contributed by atoms with E-state index >= 15 is 0 Å². The summed E-state index contributed by atoms with van der Waals surface area (Å²) in [6, 6.07) is 4.93. The number of aliphatic hydroxyl groups is 12. The van der Waals surface area contributed by atoms with Crippen LogP contribution in [-0.4, -0.2) is 213 Å². The van der Waals surface area contributed by atoms with Gasteiger partial charge in [0.2, 0.25) is 23.8 Å². The number of aliphatic hydroxyl groups excluding tert-OH is 12. The fourth-order valence-corrected chi connectivity index (χ4v) is 7.40. The number of hydrogen-bond donors (Lipinski definition) is 15. The van der Waals surface area contributed by atoms with Crippen molar-refractivity contribution in [1.82, 2.24) is 0 Å². The lowest BCUT2D eigenvalue weighted by atomic mass is 9.98. The van der Waals surface area contributed by atoms with Gasteiger partial charge in [-0.2, -0.15) is 0 Å². The van der Waals surface area contributed by atoms with E-state index in [-0.39, 0.29) is 5.56 Å². The van der Waals surface area contributed by atoms with Gasteiger partial charge in [0.05, 0.1) is 25.9 Å². The highest BCUT2D eigenvalue weighted by Gasteiger charge is 2.52. The second kappa shape index (κ2) is 18.8. The van der Waals surface area contributed by atoms with Gasteiger partial charge >= 0.3 is 0 Å². The molecule has 2 aromatic carbocycles. The molecule has 1 aromatic heterocycles. The van der Waals surface area contributed by atoms with Crippen molar-refractivity contribution in [2.45, 2.75) is 124 Å². The molecular formula is C38H48O25. The largest absolute Gasteiger partial charge is 0.508 e. The minimum Gasteiger partial charge on any atom is -0.508 e. The van der Waals surface area contributed by atoms with E-state index < -0.39 is 187 Å². The number of hydrogen-bond acceptors (Lipinski definition) is 25. The Hall–Kier alpha value is -4.07. The lowest BCUT2D eigenvalue weighted by molar-refractivity contribution is -0.352. The van der Waals surface area contributed by atoms with Crippen molar-refractivity contribution in [2.24, 2.45) is 0 Å². The van der Waals surface area contributed by atoms with Gasteiger partial charge in [0.1, 0.15) is 102 Å². The Kier molecular flexibility index (Phi) is 14.0. The number of phenols is 3. The van der Waals surface area contributed by atoms with Crippen molar-refractivity contribution in [2.75, 3.05) is 19.8 Å². The number of ether oxygens (including phenoxy) is 8. The van der Waals surface area contributed by atoms with Gasteiger partial charge in [-0.15, -0.1) is 0 Å². The van der Waals surface area contributed by atoms with Crippen LogP contribution in [0.15, 0.2) is 39.5 Å². The van der Waals surface area contributed by atoms with Gasteiger partial charge < -0.3 is 119 Å². The minimum atomic E-state index is -2.12. The highest BCUT2D eigenvalue weighted by atomic mass is 16.8. The van der Waals surface area contributed by atoms with Crippen LogP contribution in [0.4, 0.5) is 0 Å². The van der Waals surface area contributed by atoms with E-state index in [2.05, 4.69) is 0 Å². The van der Waals surface area contributed by atoms with Crippen molar-refractivity contribution < 1.29 is 119 Å². The molecule has 19 atom stereocenters. The van der Waals surface area contributed by atoms with Crippen molar-refractivity contribution in [1.29, 1.82) is 0 Å². The van der Waals surface area contributed by atoms with E-state index in [1.165, 1.54) is 6.92 Å². The SMILES string of the molecule is C[C@@H]1O[C@@H](OC[C@H]2O[C@@H](Oc3c(-c4ccc(O)c(O[C@@H]5O[C@H](CO)[C@H](O)[C@H](O)[C@H]5O)c4)oc4cc(O)cc(O)c4c3=O)[C@H](O[C@@H]3OC[C@@H](O)[C@H](O)[C@H]3O)[C@@H](O)[C@H]2O)[C@H](O)[C@H](O)[C@H]1O. The van der Waals surface area contributed by atoms with E-state index in [1.54, 1.807) is 0 Å². The summed E-state index contributed by atoms with van der Waals surface area (Å²) in [5, 5.41) is 157. The molecule has 0 amide bonds. The van der Waals surface area contributed by atoms with Crippen LogP contribution in [0.25, 0.3) is 22.3 Å². The molecule has 0 radical (unpaired) electrons. The maximum Gasteiger partial charge on any atom is 0.239 e. The standard InChI is InChI=1S/C38H48O25/c1-10-21(44)26(49)30(53)35(57-10)56-9-19-24(47)28(51)34(63-36-29(52)22(45)15(43)8-55-36)38(61-19)62-33-25(48)20-14(42)5-12(40)6-17(20)58-32(33)11-2-3-13(41)16(4-11)59-37-31(54)27(50)23(46)18(7-39)60-37/h2-6,10,15,18-19,21-24,26-31,34-47,49-54H,7-9H2,1H3/t10-,15+,18+,19+,21-,22-,23-,24-,26+,27-,28-,29+,30+,31+,34+,35+,36-,37+,38-/m0/s1. The van der Waals surface area contributed by atoms with Gasteiger partial charge in [0.15, 0.2) is 35.9 Å². The summed E-state index contributed by atoms with van der Waals surface area (Å²) in [6.45, 7) is -0.785. The van der Waals surface area contributed by atoms with E-state index in [0.29, 0.717) is 0 Å². The number of benzene rings is 2. The lowest BCUT2D eigenvalue weighted by Crippen LogP contribution is -2.64. The first-order valence-electron chi connectivity index (χ1n) is 19.4. The molecule has 0 bridgehead atoms. The Labute approximate surface area is 353 Å². The van der Waals surface area contributed by atoms with Crippen LogP contribution in [0.5, 0.6) is 28.7 Å². The maximum absolute atomic E-state index is 14.4. The van der Waals surface area contributed by atoms with Gasteiger partial charge in [-0.05, 0) is 25.1 Å². The molecule has 25 heteroatoms. The fourth-order valence-electron chi connectivity index (χ4n) is 7.40. The van der Waals surface area contributed by atoms with E-state index in [9.17, 15) is 81.4 Å². The van der Waals surface area contributed by atoms with Gasteiger partial charge in [-0.3, -0.25) is 4.79 Å². The van der Waals surface area contributed by atoms with Crippen LogP contribution in [0.1, 0.15) is 6.92 Å². The molecular weight excluding hydrogens is 856 g/mol. The first-order chi connectivity index (χ1) is 29.8. The first-order valence-corrected chi connectivity index (χ1v) is 19.4. The molecule has 0 aliphatic carbocycles. The van der Waals surface area contributed by atoms with Crippen LogP contribution in [0.2, 0.25) is 0 Å². The average Bonchev–Trinajstić information content (AvgIpc) is 3.25. The van der Waals surface area contributed by atoms with Gasteiger partial charge in [0.25, 0.3) is 0 Å². The first kappa shape index (κ1) is 46.9. The highest BCUT2D eigenvalue weighted by molar-refractivity contribution is 5.88. The molecule has 0 spiro atoms. The zero-order valence-corrected chi connectivity index (χ0v) is 32.8. The molecule has 4 aliphatic rings. The van der Waals surface area contributed by atoms with Crippen LogP contribution in [0.3, 0.4) is 0 Å². The maximum atomic E-state index is 14.4. The van der Waals surface area contributed by atoms with Crippen LogP contribution >= 0.6 is 0 Å². The molecule has 4 fully saturated rings. The third-order valence-electron chi connectivity index (χ3n) is 11.1. The van der Waals surface area contributed by atoms with Crippen LogP contribution in [0, 0.1) is 0 Å². The Morgan fingerprint density at radius 3 is 2.02 bits per heavy atom. The van der Waals surface area contributed by atoms with E-state index in [4.69, 9.17) is 42.3 Å². The molecule has 15 N–H and O–H groups in total. The summed E-state index contributed by atoms with van der Waals surface area (Å²) in [5.74, 6) is -3.97. The third kappa shape index (κ3) is 9.12.